The first-order valence-electron chi connectivity index (χ1n) is 9.77. The average molecular weight is 428 g/mol. The fraction of sp³-hybridized carbons (Fsp3) is 0.850. The van der Waals surface area contributed by atoms with Crippen molar-refractivity contribution in [2.24, 2.45) is 23.2 Å². The standard InChI is InChI=1S/C20H26F6O3/c1-11(7-18(28,19(21,22)23)20(24,25)26)15(27)29-16(2,3)17-8-12-4-13(9-17)6-14(5-12)10-17/h12-14,28H,1,4-10H2,2-3H3. The molecule has 0 aromatic rings. The van der Waals surface area contributed by atoms with Crippen LogP contribution in [0, 0.1) is 23.2 Å². The number of hydrogen-bond acceptors (Lipinski definition) is 3. The van der Waals surface area contributed by atoms with E-state index in [1.165, 1.54) is 0 Å². The Kier molecular flexibility index (Phi) is 5.12. The van der Waals surface area contributed by atoms with Crippen molar-refractivity contribution in [3.63, 3.8) is 0 Å². The molecule has 0 aromatic carbocycles. The second-order valence-corrected chi connectivity index (χ2v) is 9.73. The lowest BCUT2D eigenvalue weighted by atomic mass is 9.46. The van der Waals surface area contributed by atoms with Crippen molar-refractivity contribution in [1.82, 2.24) is 0 Å². The third-order valence-electron chi connectivity index (χ3n) is 7.36. The zero-order valence-corrected chi connectivity index (χ0v) is 16.4. The minimum Gasteiger partial charge on any atom is -0.456 e. The molecule has 29 heavy (non-hydrogen) atoms. The maximum atomic E-state index is 12.9. The molecule has 0 heterocycles. The predicted octanol–water partition coefficient (Wildman–Crippen LogP) is 5.33. The Balaban J connectivity index is 1.75. The van der Waals surface area contributed by atoms with Crippen LogP contribution in [0.25, 0.3) is 0 Å². The number of carbonyl (C=O) groups excluding carboxylic acids is 1. The van der Waals surface area contributed by atoms with Gasteiger partial charge in [-0.05, 0) is 70.1 Å². The normalized spacial score (nSPS) is 32.4. The highest BCUT2D eigenvalue weighted by molar-refractivity contribution is 5.88. The van der Waals surface area contributed by atoms with Crippen LogP contribution in [0.3, 0.4) is 0 Å². The third kappa shape index (κ3) is 3.68. The van der Waals surface area contributed by atoms with E-state index < -0.39 is 41.5 Å². The molecule has 0 saturated heterocycles. The topological polar surface area (TPSA) is 46.5 Å². The van der Waals surface area contributed by atoms with Crippen LogP contribution in [0.1, 0.15) is 58.8 Å². The van der Waals surface area contributed by atoms with Crippen molar-refractivity contribution in [1.29, 1.82) is 0 Å². The summed E-state index contributed by atoms with van der Waals surface area (Å²) in [6, 6.07) is 0. The summed E-state index contributed by atoms with van der Waals surface area (Å²) in [4.78, 5) is 12.4. The van der Waals surface area contributed by atoms with Gasteiger partial charge in [-0.25, -0.2) is 4.79 Å². The minimum absolute atomic E-state index is 0.331. The zero-order chi connectivity index (χ0) is 22.0. The summed E-state index contributed by atoms with van der Waals surface area (Å²) >= 11 is 0. The van der Waals surface area contributed by atoms with E-state index >= 15 is 0 Å². The summed E-state index contributed by atoms with van der Waals surface area (Å²) in [5.74, 6) is 0.214. The van der Waals surface area contributed by atoms with Crippen molar-refractivity contribution in [3.8, 4) is 0 Å². The van der Waals surface area contributed by atoms with Gasteiger partial charge in [-0.2, -0.15) is 26.3 Å². The van der Waals surface area contributed by atoms with Gasteiger partial charge in [0.2, 0.25) is 0 Å². The molecular formula is C20H26F6O3. The number of hydrogen-bond donors (Lipinski definition) is 1. The van der Waals surface area contributed by atoms with Gasteiger partial charge in [0.05, 0.1) is 0 Å². The second-order valence-electron chi connectivity index (χ2n) is 9.73. The van der Waals surface area contributed by atoms with Gasteiger partial charge < -0.3 is 9.84 Å². The highest BCUT2D eigenvalue weighted by atomic mass is 19.4. The van der Waals surface area contributed by atoms with E-state index in [1.807, 2.05) is 0 Å². The highest BCUT2D eigenvalue weighted by Gasteiger charge is 2.70. The summed E-state index contributed by atoms with van der Waals surface area (Å²) in [6.07, 6.45) is -8.16. The van der Waals surface area contributed by atoms with Crippen molar-refractivity contribution in [3.05, 3.63) is 12.2 Å². The van der Waals surface area contributed by atoms with Crippen LogP contribution in [-0.2, 0) is 9.53 Å². The summed E-state index contributed by atoms with van der Waals surface area (Å²) in [5, 5.41) is 9.31. The lowest BCUT2D eigenvalue weighted by Gasteiger charge is -2.61. The molecule has 9 heteroatoms. The zero-order valence-electron chi connectivity index (χ0n) is 16.4. The van der Waals surface area contributed by atoms with Gasteiger partial charge >= 0.3 is 18.3 Å². The predicted molar refractivity (Wildman–Crippen MR) is 91.6 cm³/mol. The Morgan fingerprint density at radius 3 is 1.69 bits per heavy atom. The monoisotopic (exact) mass is 428 g/mol. The quantitative estimate of drug-likeness (QED) is 0.366. The number of esters is 1. The van der Waals surface area contributed by atoms with Gasteiger partial charge in [0, 0.05) is 17.4 Å². The second kappa shape index (κ2) is 6.62. The molecular weight excluding hydrogens is 402 g/mol. The molecule has 4 aliphatic rings. The van der Waals surface area contributed by atoms with Crippen molar-refractivity contribution in [2.75, 3.05) is 0 Å². The van der Waals surface area contributed by atoms with Crippen LogP contribution >= 0.6 is 0 Å². The van der Waals surface area contributed by atoms with Gasteiger partial charge in [0.1, 0.15) is 5.60 Å². The molecule has 166 valence electrons. The van der Waals surface area contributed by atoms with E-state index in [1.54, 1.807) is 13.8 Å². The fourth-order valence-corrected chi connectivity index (χ4v) is 6.00. The van der Waals surface area contributed by atoms with Crippen LogP contribution in [0.15, 0.2) is 12.2 Å². The molecule has 4 rings (SSSR count). The summed E-state index contributed by atoms with van der Waals surface area (Å²) < 4.78 is 82.9. The Morgan fingerprint density at radius 2 is 1.34 bits per heavy atom. The molecule has 3 nitrogen and oxygen atoms in total. The molecule has 0 amide bonds. The van der Waals surface area contributed by atoms with Crippen LogP contribution in [0.2, 0.25) is 0 Å². The first-order valence-corrected chi connectivity index (χ1v) is 9.77. The first kappa shape index (κ1) is 22.4. The van der Waals surface area contributed by atoms with Crippen molar-refractivity contribution in [2.45, 2.75) is 82.3 Å². The Bertz CT molecular complexity index is 642. The van der Waals surface area contributed by atoms with E-state index in [9.17, 15) is 36.2 Å². The molecule has 0 atom stereocenters. The molecule has 0 radical (unpaired) electrons. The van der Waals surface area contributed by atoms with Gasteiger partial charge in [-0.3, -0.25) is 0 Å². The van der Waals surface area contributed by atoms with E-state index in [-0.39, 0.29) is 5.41 Å². The summed E-state index contributed by atoms with van der Waals surface area (Å²) in [5.41, 5.74) is -7.50. The maximum absolute atomic E-state index is 12.9. The van der Waals surface area contributed by atoms with Crippen LogP contribution < -0.4 is 0 Å². The third-order valence-corrected chi connectivity index (χ3v) is 7.36. The smallest absolute Gasteiger partial charge is 0.426 e. The van der Waals surface area contributed by atoms with Crippen molar-refractivity contribution >= 4 is 5.97 Å². The molecule has 0 aliphatic heterocycles. The number of carbonyl (C=O) groups is 1. The average Bonchev–Trinajstić information content (AvgIpc) is 2.50. The minimum atomic E-state index is -6.01. The number of aliphatic hydroxyl groups is 1. The molecule has 0 aromatic heterocycles. The number of alkyl halides is 6. The summed E-state index contributed by atoms with van der Waals surface area (Å²) in [7, 11) is 0. The van der Waals surface area contributed by atoms with Crippen LogP contribution in [0.5, 0.6) is 0 Å². The largest absolute Gasteiger partial charge is 0.456 e. The van der Waals surface area contributed by atoms with E-state index in [4.69, 9.17) is 4.74 Å². The van der Waals surface area contributed by atoms with Crippen molar-refractivity contribution < 1.29 is 41.0 Å². The highest BCUT2D eigenvalue weighted by Crippen LogP contribution is 2.64. The molecule has 0 unspecified atom stereocenters. The molecule has 4 aliphatic carbocycles. The van der Waals surface area contributed by atoms with Crippen LogP contribution in [-0.4, -0.2) is 34.6 Å². The summed E-state index contributed by atoms with van der Waals surface area (Å²) in [6.45, 7) is 6.41. The SMILES string of the molecule is C=C(CC(O)(C(F)(F)F)C(F)(F)F)C(=O)OC(C)(C)C12CC3CC(CC(C3)C1)C2. The molecule has 1 N–H and O–H groups in total. The van der Waals surface area contributed by atoms with Gasteiger partial charge in [-0.1, -0.05) is 6.58 Å². The molecule has 4 fully saturated rings. The first-order chi connectivity index (χ1) is 13.0. The fourth-order valence-electron chi connectivity index (χ4n) is 6.00. The number of rotatable bonds is 5. The number of halogens is 6. The lowest BCUT2D eigenvalue weighted by Crippen LogP contribution is -2.58. The Labute approximate surface area is 165 Å². The molecule has 4 saturated carbocycles. The van der Waals surface area contributed by atoms with E-state index in [0.29, 0.717) is 17.8 Å². The van der Waals surface area contributed by atoms with Gasteiger partial charge in [0.25, 0.3) is 5.60 Å². The lowest BCUT2D eigenvalue weighted by molar-refractivity contribution is -0.367. The van der Waals surface area contributed by atoms with Crippen LogP contribution in [0.4, 0.5) is 26.3 Å². The van der Waals surface area contributed by atoms with Gasteiger partial charge in [-0.15, -0.1) is 0 Å². The van der Waals surface area contributed by atoms with Gasteiger partial charge in [0.15, 0.2) is 0 Å². The number of ether oxygens (including phenoxy) is 1. The van der Waals surface area contributed by atoms with E-state index in [0.717, 1.165) is 38.5 Å². The maximum Gasteiger partial charge on any atom is 0.426 e. The Morgan fingerprint density at radius 1 is 0.966 bits per heavy atom. The Hall–Kier alpha value is -1.25. The molecule has 0 spiro atoms. The van der Waals surface area contributed by atoms with E-state index in [2.05, 4.69) is 6.58 Å². The molecule has 4 bridgehead atoms.